The number of rotatable bonds is 1. The van der Waals surface area contributed by atoms with E-state index in [0.29, 0.717) is 25.9 Å². The molecule has 0 aliphatic carbocycles. The zero-order valence-electron chi connectivity index (χ0n) is 11.4. The summed E-state index contributed by atoms with van der Waals surface area (Å²) in [6.07, 6.45) is 2.43. The van der Waals surface area contributed by atoms with Gasteiger partial charge in [-0.3, -0.25) is 9.59 Å². The molecule has 1 amide bonds. The topological polar surface area (TPSA) is 46.6 Å². The molecule has 112 valence electrons. The zero-order valence-corrected chi connectivity index (χ0v) is 11.4. The van der Waals surface area contributed by atoms with Gasteiger partial charge in [-0.15, -0.1) is 0 Å². The Hall–Kier alpha value is -1.98. The third-order valence-corrected chi connectivity index (χ3v) is 4.11. The third-order valence-electron chi connectivity index (χ3n) is 4.11. The maximum absolute atomic E-state index is 13.2. The molecule has 0 N–H and O–H groups in total. The second-order valence-electron chi connectivity index (χ2n) is 5.62. The van der Waals surface area contributed by atoms with Crippen LogP contribution in [0.4, 0.5) is 8.78 Å². The van der Waals surface area contributed by atoms with Gasteiger partial charge in [0.25, 0.3) is 5.91 Å². The molecule has 2 aliphatic heterocycles. The van der Waals surface area contributed by atoms with Crippen LogP contribution in [-0.4, -0.2) is 35.5 Å². The van der Waals surface area contributed by atoms with Crippen LogP contribution < -0.4 is 0 Å². The average Bonchev–Trinajstić information content (AvgIpc) is 2.81. The molecule has 1 atom stereocenters. The molecule has 2 fully saturated rings. The molecule has 21 heavy (non-hydrogen) atoms. The molecule has 3 rings (SSSR count). The second-order valence-corrected chi connectivity index (χ2v) is 5.62. The fourth-order valence-corrected chi connectivity index (χ4v) is 3.04. The highest BCUT2D eigenvalue weighted by atomic mass is 19.2. The molecule has 0 bridgehead atoms. The lowest BCUT2D eigenvalue weighted by molar-refractivity contribution is -0.151. The number of ether oxygens (including phenoxy) is 1. The van der Waals surface area contributed by atoms with E-state index in [9.17, 15) is 18.4 Å². The van der Waals surface area contributed by atoms with E-state index in [1.165, 1.54) is 6.07 Å². The maximum Gasteiger partial charge on any atom is 0.306 e. The standard InChI is InChI=1S/C15H15F2NO3/c16-11-3-2-10(8-12(11)17)14(20)18-7-1-5-15(9-18)6-4-13(19)21-15/h2-3,8H,1,4-7,9H2/t15-/m1/s1. The highest BCUT2D eigenvalue weighted by Gasteiger charge is 2.44. The smallest absolute Gasteiger partial charge is 0.306 e. The Morgan fingerprint density at radius 1 is 1.24 bits per heavy atom. The Kier molecular flexibility index (Phi) is 3.39. The molecule has 2 saturated heterocycles. The number of likely N-dealkylation sites (tertiary alicyclic amines) is 1. The Balaban J connectivity index is 1.78. The lowest BCUT2D eigenvalue weighted by Gasteiger charge is -2.39. The highest BCUT2D eigenvalue weighted by Crippen LogP contribution is 2.35. The van der Waals surface area contributed by atoms with Crippen molar-refractivity contribution in [3.63, 3.8) is 0 Å². The summed E-state index contributed by atoms with van der Waals surface area (Å²) in [5.74, 6) is -2.63. The van der Waals surface area contributed by atoms with Crippen molar-refractivity contribution in [1.29, 1.82) is 0 Å². The number of amides is 1. The van der Waals surface area contributed by atoms with Crippen LogP contribution in [0.1, 0.15) is 36.0 Å². The maximum atomic E-state index is 13.2. The number of benzene rings is 1. The minimum Gasteiger partial charge on any atom is -0.457 e. The van der Waals surface area contributed by atoms with Crippen molar-refractivity contribution in [2.45, 2.75) is 31.3 Å². The van der Waals surface area contributed by atoms with Crippen molar-refractivity contribution in [2.24, 2.45) is 0 Å². The van der Waals surface area contributed by atoms with Crippen molar-refractivity contribution in [2.75, 3.05) is 13.1 Å². The number of carbonyl (C=O) groups excluding carboxylic acids is 2. The van der Waals surface area contributed by atoms with E-state index in [0.717, 1.165) is 25.0 Å². The SMILES string of the molecule is O=C1CC[C@@]2(CCCN(C(=O)c3ccc(F)c(F)c3)C2)O1. The number of piperidine rings is 1. The molecular weight excluding hydrogens is 280 g/mol. The van der Waals surface area contributed by atoms with E-state index >= 15 is 0 Å². The summed E-state index contributed by atoms with van der Waals surface area (Å²) in [5.41, 5.74) is -0.487. The van der Waals surface area contributed by atoms with Crippen molar-refractivity contribution in [1.82, 2.24) is 4.90 Å². The van der Waals surface area contributed by atoms with Gasteiger partial charge in [0.15, 0.2) is 11.6 Å². The molecule has 0 unspecified atom stereocenters. The van der Waals surface area contributed by atoms with E-state index < -0.39 is 17.2 Å². The van der Waals surface area contributed by atoms with Gasteiger partial charge in [-0.05, 0) is 37.5 Å². The van der Waals surface area contributed by atoms with Gasteiger partial charge in [0.05, 0.1) is 6.54 Å². The number of hydrogen-bond donors (Lipinski definition) is 0. The van der Waals surface area contributed by atoms with E-state index in [1.54, 1.807) is 4.90 Å². The van der Waals surface area contributed by atoms with Gasteiger partial charge < -0.3 is 9.64 Å². The fraction of sp³-hybridized carbons (Fsp3) is 0.467. The number of carbonyl (C=O) groups is 2. The normalized spacial score (nSPS) is 25.2. The van der Waals surface area contributed by atoms with Gasteiger partial charge in [0.1, 0.15) is 5.60 Å². The summed E-state index contributed by atoms with van der Waals surface area (Å²) in [6, 6.07) is 3.11. The molecule has 0 saturated carbocycles. The summed E-state index contributed by atoms with van der Waals surface area (Å²) in [6.45, 7) is 0.841. The lowest BCUT2D eigenvalue weighted by Crippen LogP contribution is -2.50. The van der Waals surface area contributed by atoms with Crippen LogP contribution in [0.25, 0.3) is 0 Å². The summed E-state index contributed by atoms with van der Waals surface area (Å²) >= 11 is 0. The van der Waals surface area contributed by atoms with Crippen LogP contribution >= 0.6 is 0 Å². The molecule has 6 heteroatoms. The van der Waals surface area contributed by atoms with Gasteiger partial charge >= 0.3 is 5.97 Å². The van der Waals surface area contributed by atoms with Crippen LogP contribution in [0, 0.1) is 11.6 Å². The number of hydrogen-bond acceptors (Lipinski definition) is 3. The first-order valence-electron chi connectivity index (χ1n) is 6.95. The molecule has 1 aromatic rings. The minimum atomic E-state index is -1.04. The summed E-state index contributed by atoms with van der Waals surface area (Å²) in [7, 11) is 0. The fourth-order valence-electron chi connectivity index (χ4n) is 3.04. The Morgan fingerprint density at radius 3 is 2.71 bits per heavy atom. The predicted octanol–water partition coefficient (Wildman–Crippen LogP) is 2.28. The summed E-state index contributed by atoms with van der Waals surface area (Å²) in [5, 5.41) is 0. The van der Waals surface area contributed by atoms with Crippen LogP contribution in [-0.2, 0) is 9.53 Å². The summed E-state index contributed by atoms with van der Waals surface area (Å²) in [4.78, 5) is 25.3. The predicted molar refractivity (Wildman–Crippen MR) is 69.6 cm³/mol. The Labute approximate surface area is 120 Å². The first-order valence-corrected chi connectivity index (χ1v) is 6.95. The van der Waals surface area contributed by atoms with Gasteiger partial charge in [-0.1, -0.05) is 0 Å². The average molecular weight is 295 g/mol. The molecule has 0 radical (unpaired) electrons. The van der Waals surface area contributed by atoms with Crippen LogP contribution in [0.15, 0.2) is 18.2 Å². The largest absolute Gasteiger partial charge is 0.457 e. The van der Waals surface area contributed by atoms with Crippen LogP contribution in [0.5, 0.6) is 0 Å². The molecule has 1 spiro atoms. The number of nitrogens with zero attached hydrogens (tertiary/aromatic N) is 1. The van der Waals surface area contributed by atoms with Crippen molar-refractivity contribution < 1.29 is 23.1 Å². The first-order chi connectivity index (χ1) is 9.99. The lowest BCUT2D eigenvalue weighted by atomic mass is 9.89. The van der Waals surface area contributed by atoms with E-state index in [2.05, 4.69) is 0 Å². The van der Waals surface area contributed by atoms with Crippen molar-refractivity contribution in [3.8, 4) is 0 Å². The molecule has 2 heterocycles. The van der Waals surface area contributed by atoms with Gasteiger partial charge in [-0.2, -0.15) is 0 Å². The van der Waals surface area contributed by atoms with Gasteiger partial charge in [0, 0.05) is 18.5 Å². The zero-order chi connectivity index (χ0) is 15.0. The first kappa shape index (κ1) is 14.0. The second kappa shape index (κ2) is 5.09. The van der Waals surface area contributed by atoms with Gasteiger partial charge in [-0.25, -0.2) is 8.78 Å². The van der Waals surface area contributed by atoms with E-state index in [1.807, 2.05) is 0 Å². The van der Waals surface area contributed by atoms with Crippen LogP contribution in [0.2, 0.25) is 0 Å². The quantitative estimate of drug-likeness (QED) is 0.747. The Morgan fingerprint density at radius 2 is 2.05 bits per heavy atom. The van der Waals surface area contributed by atoms with Crippen molar-refractivity contribution >= 4 is 11.9 Å². The highest BCUT2D eigenvalue weighted by molar-refractivity contribution is 5.94. The molecule has 1 aromatic carbocycles. The minimum absolute atomic E-state index is 0.107. The molecule has 0 aromatic heterocycles. The third kappa shape index (κ3) is 2.62. The van der Waals surface area contributed by atoms with E-state index in [-0.39, 0.29) is 17.4 Å². The molecular formula is C15H15F2NO3. The number of halogens is 2. The monoisotopic (exact) mass is 295 g/mol. The van der Waals surface area contributed by atoms with Crippen molar-refractivity contribution in [3.05, 3.63) is 35.4 Å². The molecule has 4 nitrogen and oxygen atoms in total. The van der Waals surface area contributed by atoms with Crippen LogP contribution in [0.3, 0.4) is 0 Å². The molecule has 2 aliphatic rings. The van der Waals surface area contributed by atoms with Gasteiger partial charge in [0.2, 0.25) is 0 Å². The van der Waals surface area contributed by atoms with E-state index in [4.69, 9.17) is 4.74 Å². The Bertz CT molecular complexity index is 605. The summed E-state index contributed by atoms with van der Waals surface area (Å²) < 4.78 is 31.5. The number of esters is 1.